The molecule has 2 aromatic carbocycles. The molecule has 0 saturated heterocycles. The number of thiophene rings is 1. The third-order valence-electron chi connectivity index (χ3n) is 4.75. The van der Waals surface area contributed by atoms with Gasteiger partial charge in [-0.2, -0.15) is 0 Å². The predicted octanol–water partition coefficient (Wildman–Crippen LogP) is 4.60. The van der Waals surface area contributed by atoms with E-state index < -0.39 is 20.5 Å². The van der Waals surface area contributed by atoms with E-state index in [1.165, 1.54) is 41.7 Å². The number of hydrogen-bond donors (Lipinski definition) is 1. The average Bonchev–Trinajstić information content (AvgIpc) is 3.24. The normalized spacial score (nSPS) is 11.4. The number of carbonyl (C=O) groups excluding carboxylic acids is 1. The van der Waals surface area contributed by atoms with Gasteiger partial charge in [-0.1, -0.05) is 18.2 Å². The van der Waals surface area contributed by atoms with Gasteiger partial charge in [0.2, 0.25) is 9.84 Å². The molecular formula is C23H19FN2O4S2. The number of halogens is 1. The van der Waals surface area contributed by atoms with Crippen LogP contribution in [-0.2, 0) is 16.4 Å². The standard InChI is InChI=1S/C23H19FN2O4S2/c1-2-30-18-4-3-5-21(22(18)24)32(28,29)17-8-6-15(7-9-17)13-26-23(27)19-12-16-10-11-25-14-20(16)31-19/h3-12,14H,2,13H2,1H3,(H,26,27). The van der Waals surface area contributed by atoms with Crippen LogP contribution in [0.15, 0.2) is 76.8 Å². The van der Waals surface area contributed by atoms with Gasteiger partial charge >= 0.3 is 0 Å². The number of nitrogens with zero attached hydrogens (tertiary/aromatic N) is 1. The lowest BCUT2D eigenvalue weighted by atomic mass is 10.2. The number of hydrogen-bond acceptors (Lipinski definition) is 6. The number of pyridine rings is 1. The number of fused-ring (bicyclic) bond motifs is 1. The van der Waals surface area contributed by atoms with E-state index in [1.807, 2.05) is 6.07 Å². The number of carbonyl (C=O) groups is 1. The van der Waals surface area contributed by atoms with Crippen molar-refractivity contribution in [2.24, 2.45) is 0 Å². The molecule has 1 N–H and O–H groups in total. The molecule has 2 heterocycles. The van der Waals surface area contributed by atoms with Crippen LogP contribution < -0.4 is 10.1 Å². The van der Waals surface area contributed by atoms with Gasteiger partial charge in [0.25, 0.3) is 5.91 Å². The number of nitrogens with one attached hydrogen (secondary N) is 1. The van der Waals surface area contributed by atoms with Crippen molar-refractivity contribution < 1.29 is 22.3 Å². The Kier molecular flexibility index (Phi) is 6.20. The SMILES string of the molecule is CCOc1cccc(S(=O)(=O)c2ccc(CNC(=O)c3cc4ccncc4s3)cc2)c1F. The van der Waals surface area contributed by atoms with Gasteiger partial charge in [0.05, 0.1) is 21.1 Å². The highest BCUT2D eigenvalue weighted by Gasteiger charge is 2.24. The van der Waals surface area contributed by atoms with Crippen molar-refractivity contribution in [3.05, 3.63) is 83.2 Å². The Morgan fingerprint density at radius 1 is 1.16 bits per heavy atom. The lowest BCUT2D eigenvalue weighted by Crippen LogP contribution is -2.21. The summed E-state index contributed by atoms with van der Waals surface area (Å²) in [4.78, 5) is 16.6. The van der Waals surface area contributed by atoms with E-state index in [0.717, 1.165) is 10.1 Å². The Bertz CT molecular complexity index is 1350. The second-order valence-electron chi connectivity index (χ2n) is 6.86. The summed E-state index contributed by atoms with van der Waals surface area (Å²) in [6, 6.07) is 13.7. The van der Waals surface area contributed by atoms with Crippen LogP contribution in [0.25, 0.3) is 10.1 Å². The summed E-state index contributed by atoms with van der Waals surface area (Å²) < 4.78 is 46.5. The van der Waals surface area contributed by atoms with Gasteiger partial charge in [0.1, 0.15) is 4.90 Å². The molecule has 4 aromatic rings. The van der Waals surface area contributed by atoms with Gasteiger partial charge in [0.15, 0.2) is 11.6 Å². The van der Waals surface area contributed by atoms with E-state index in [2.05, 4.69) is 10.3 Å². The van der Waals surface area contributed by atoms with Crippen molar-refractivity contribution in [1.29, 1.82) is 0 Å². The minimum absolute atomic E-state index is 0.0443. The highest BCUT2D eigenvalue weighted by molar-refractivity contribution is 7.91. The van der Waals surface area contributed by atoms with Crippen LogP contribution in [0.2, 0.25) is 0 Å². The molecule has 164 valence electrons. The molecule has 0 spiro atoms. The van der Waals surface area contributed by atoms with Gasteiger partial charge in [-0.15, -0.1) is 11.3 Å². The van der Waals surface area contributed by atoms with Gasteiger partial charge in [-0.3, -0.25) is 9.78 Å². The predicted molar refractivity (Wildman–Crippen MR) is 120 cm³/mol. The fraction of sp³-hybridized carbons (Fsp3) is 0.130. The van der Waals surface area contributed by atoms with Crippen molar-refractivity contribution in [1.82, 2.24) is 10.3 Å². The minimum Gasteiger partial charge on any atom is -0.491 e. The first-order chi connectivity index (χ1) is 15.4. The Balaban J connectivity index is 1.48. The highest BCUT2D eigenvalue weighted by Crippen LogP contribution is 2.29. The van der Waals surface area contributed by atoms with Gasteiger partial charge in [0, 0.05) is 18.9 Å². The molecule has 0 unspecified atom stereocenters. The second-order valence-corrected chi connectivity index (χ2v) is 9.86. The zero-order valence-corrected chi connectivity index (χ0v) is 18.7. The van der Waals surface area contributed by atoms with Crippen LogP contribution in [0, 0.1) is 5.82 Å². The first kappa shape index (κ1) is 21.9. The number of benzene rings is 2. The van der Waals surface area contributed by atoms with Crippen molar-refractivity contribution in [2.45, 2.75) is 23.3 Å². The summed E-state index contributed by atoms with van der Waals surface area (Å²) in [5.41, 5.74) is 0.712. The summed E-state index contributed by atoms with van der Waals surface area (Å²) >= 11 is 1.35. The van der Waals surface area contributed by atoms with Crippen molar-refractivity contribution in [2.75, 3.05) is 6.61 Å². The third kappa shape index (κ3) is 4.35. The first-order valence-corrected chi connectivity index (χ1v) is 12.1. The van der Waals surface area contributed by atoms with Crippen LogP contribution >= 0.6 is 11.3 Å². The van der Waals surface area contributed by atoms with E-state index in [-0.39, 0.29) is 29.7 Å². The number of amides is 1. The molecule has 9 heteroatoms. The lowest BCUT2D eigenvalue weighted by molar-refractivity contribution is 0.0955. The lowest BCUT2D eigenvalue weighted by Gasteiger charge is -2.10. The second kappa shape index (κ2) is 9.05. The summed E-state index contributed by atoms with van der Waals surface area (Å²) in [7, 11) is -4.06. The largest absolute Gasteiger partial charge is 0.491 e. The molecule has 1 amide bonds. The van der Waals surface area contributed by atoms with Gasteiger partial charge in [-0.05, 0) is 54.3 Å². The van der Waals surface area contributed by atoms with Crippen LogP contribution in [0.1, 0.15) is 22.2 Å². The number of rotatable bonds is 7. The Morgan fingerprint density at radius 2 is 1.94 bits per heavy atom. The Hall–Kier alpha value is -3.30. The smallest absolute Gasteiger partial charge is 0.261 e. The molecule has 4 rings (SSSR count). The van der Waals surface area contributed by atoms with Crippen LogP contribution in [0.3, 0.4) is 0 Å². The van der Waals surface area contributed by atoms with Crippen molar-refractivity contribution >= 4 is 37.2 Å². The Labute approximate surface area is 188 Å². The molecule has 0 aliphatic rings. The Morgan fingerprint density at radius 3 is 2.66 bits per heavy atom. The summed E-state index contributed by atoms with van der Waals surface area (Å²) in [6.07, 6.45) is 3.38. The highest BCUT2D eigenvalue weighted by atomic mass is 32.2. The summed E-state index contributed by atoms with van der Waals surface area (Å²) in [5.74, 6) is -1.24. The first-order valence-electron chi connectivity index (χ1n) is 9.77. The number of ether oxygens (including phenoxy) is 1. The topological polar surface area (TPSA) is 85.4 Å². The molecule has 0 aliphatic heterocycles. The molecule has 0 fully saturated rings. The van der Waals surface area contributed by atoms with E-state index >= 15 is 0 Å². The molecule has 0 radical (unpaired) electrons. The van der Waals surface area contributed by atoms with Crippen LogP contribution in [0.5, 0.6) is 5.75 Å². The maximum absolute atomic E-state index is 14.6. The zero-order chi connectivity index (χ0) is 22.7. The molecule has 0 bridgehead atoms. The molecule has 0 saturated carbocycles. The number of aromatic nitrogens is 1. The van der Waals surface area contributed by atoms with E-state index in [1.54, 1.807) is 37.5 Å². The quantitative estimate of drug-likeness (QED) is 0.427. The molecule has 0 atom stereocenters. The van der Waals surface area contributed by atoms with Gasteiger partial charge in [-0.25, -0.2) is 12.8 Å². The van der Waals surface area contributed by atoms with E-state index in [0.29, 0.717) is 10.4 Å². The number of sulfone groups is 1. The fourth-order valence-corrected chi connectivity index (χ4v) is 5.43. The van der Waals surface area contributed by atoms with E-state index in [4.69, 9.17) is 4.74 Å². The zero-order valence-electron chi connectivity index (χ0n) is 17.0. The summed E-state index contributed by atoms with van der Waals surface area (Å²) in [6.45, 7) is 2.13. The molecular weight excluding hydrogens is 451 g/mol. The molecule has 6 nitrogen and oxygen atoms in total. The molecule has 32 heavy (non-hydrogen) atoms. The monoisotopic (exact) mass is 470 g/mol. The maximum atomic E-state index is 14.6. The van der Waals surface area contributed by atoms with E-state index in [9.17, 15) is 17.6 Å². The average molecular weight is 471 g/mol. The van der Waals surface area contributed by atoms with Gasteiger partial charge < -0.3 is 10.1 Å². The third-order valence-corrected chi connectivity index (χ3v) is 7.62. The maximum Gasteiger partial charge on any atom is 0.261 e. The molecule has 0 aliphatic carbocycles. The van der Waals surface area contributed by atoms with Crippen LogP contribution in [0.4, 0.5) is 4.39 Å². The van der Waals surface area contributed by atoms with Crippen molar-refractivity contribution in [3.63, 3.8) is 0 Å². The minimum atomic E-state index is -4.06. The summed E-state index contributed by atoms with van der Waals surface area (Å²) in [5, 5.41) is 3.77. The molecule has 2 aromatic heterocycles. The fourth-order valence-electron chi connectivity index (χ4n) is 3.14. The van der Waals surface area contributed by atoms with Crippen LogP contribution in [-0.4, -0.2) is 25.9 Å². The van der Waals surface area contributed by atoms with Crippen molar-refractivity contribution in [3.8, 4) is 5.75 Å².